The van der Waals surface area contributed by atoms with Gasteiger partial charge in [-0.15, -0.1) is 0 Å². The van der Waals surface area contributed by atoms with Gasteiger partial charge in [-0.05, 0) is 29.8 Å². The highest BCUT2D eigenvalue weighted by molar-refractivity contribution is 9.10. The predicted molar refractivity (Wildman–Crippen MR) is 81.7 cm³/mol. The second-order valence-electron chi connectivity index (χ2n) is 4.52. The molecule has 104 valence electrons. The van der Waals surface area contributed by atoms with Crippen molar-refractivity contribution in [3.63, 3.8) is 0 Å². The van der Waals surface area contributed by atoms with Gasteiger partial charge in [0, 0.05) is 22.7 Å². The van der Waals surface area contributed by atoms with E-state index in [9.17, 15) is 13.2 Å². The van der Waals surface area contributed by atoms with Crippen LogP contribution in [0.3, 0.4) is 0 Å². The summed E-state index contributed by atoms with van der Waals surface area (Å²) in [6.07, 6.45) is 1.44. The lowest BCUT2D eigenvalue weighted by Gasteiger charge is -2.03. The zero-order valence-electron chi connectivity index (χ0n) is 10.8. The Labute approximate surface area is 126 Å². The van der Waals surface area contributed by atoms with E-state index in [0.717, 1.165) is 16.3 Å². The van der Waals surface area contributed by atoms with Crippen molar-refractivity contribution in [3.05, 3.63) is 64.1 Å². The molecule has 0 heterocycles. The van der Waals surface area contributed by atoms with E-state index in [0.29, 0.717) is 12.0 Å². The Morgan fingerprint density at radius 1 is 1.00 bits per heavy atom. The van der Waals surface area contributed by atoms with Gasteiger partial charge in [-0.1, -0.05) is 40.2 Å². The van der Waals surface area contributed by atoms with Crippen LogP contribution in [-0.2, 0) is 16.3 Å². The molecule has 0 saturated heterocycles. The molecule has 0 aromatic heterocycles. The molecular weight excluding hydrogens is 340 g/mol. The summed E-state index contributed by atoms with van der Waals surface area (Å²) in [6, 6.07) is 13.6. The molecular formula is C15H13BrO3S. The molecule has 2 aromatic carbocycles. The van der Waals surface area contributed by atoms with Gasteiger partial charge in [0.05, 0.1) is 4.90 Å². The first-order valence-electron chi connectivity index (χ1n) is 5.94. The number of sulfone groups is 1. The molecule has 0 bridgehead atoms. The summed E-state index contributed by atoms with van der Waals surface area (Å²) in [5.41, 5.74) is 1.44. The molecule has 0 aliphatic carbocycles. The zero-order chi connectivity index (χ0) is 14.8. The third kappa shape index (κ3) is 3.77. The van der Waals surface area contributed by atoms with Gasteiger partial charge < -0.3 is 0 Å². The summed E-state index contributed by atoms with van der Waals surface area (Å²) in [6.45, 7) is 0. The second-order valence-corrected chi connectivity index (χ2v) is 7.45. The fraction of sp³-hybridized carbons (Fsp3) is 0.133. The maximum atomic E-state index is 12.1. The maximum Gasteiger partial charge on any atom is 0.175 e. The highest BCUT2D eigenvalue weighted by atomic mass is 79.9. The molecule has 0 amide bonds. The Hall–Kier alpha value is -1.46. The number of carbonyl (C=O) groups is 1. The van der Waals surface area contributed by atoms with Gasteiger partial charge in [-0.3, -0.25) is 4.79 Å². The molecule has 0 radical (unpaired) electrons. The number of rotatable bonds is 4. The topological polar surface area (TPSA) is 51.2 Å². The number of hydrogen-bond acceptors (Lipinski definition) is 3. The summed E-state index contributed by atoms with van der Waals surface area (Å²) >= 11 is 3.34. The normalized spacial score (nSPS) is 11.3. The molecule has 2 aromatic rings. The van der Waals surface area contributed by atoms with Gasteiger partial charge in [0.25, 0.3) is 0 Å². The fourth-order valence-corrected chi connectivity index (χ4v) is 2.67. The third-order valence-electron chi connectivity index (χ3n) is 2.88. The van der Waals surface area contributed by atoms with Crippen molar-refractivity contribution in [2.45, 2.75) is 11.3 Å². The summed E-state index contributed by atoms with van der Waals surface area (Å²) in [7, 11) is -3.23. The molecule has 0 N–H and O–H groups in total. The molecule has 0 atom stereocenters. The molecule has 3 nitrogen and oxygen atoms in total. The molecule has 0 aliphatic heterocycles. The van der Waals surface area contributed by atoms with Gasteiger partial charge in [0.2, 0.25) is 0 Å². The van der Waals surface area contributed by atoms with Crippen LogP contribution in [0, 0.1) is 0 Å². The van der Waals surface area contributed by atoms with Crippen molar-refractivity contribution in [1.82, 2.24) is 0 Å². The highest BCUT2D eigenvalue weighted by Crippen LogP contribution is 2.15. The zero-order valence-corrected chi connectivity index (χ0v) is 13.2. The van der Waals surface area contributed by atoms with E-state index in [-0.39, 0.29) is 10.7 Å². The number of Topliss-reactive ketones (excluding diaryl/α,β-unsaturated/α-hetero) is 1. The van der Waals surface area contributed by atoms with Crippen molar-refractivity contribution in [2.24, 2.45) is 0 Å². The Kier molecular flexibility index (Phi) is 4.40. The lowest BCUT2D eigenvalue weighted by atomic mass is 10.0. The van der Waals surface area contributed by atoms with E-state index < -0.39 is 9.84 Å². The summed E-state index contributed by atoms with van der Waals surface area (Å²) < 4.78 is 23.7. The number of halogens is 1. The van der Waals surface area contributed by atoms with E-state index in [4.69, 9.17) is 0 Å². The first-order chi connectivity index (χ1) is 9.36. The monoisotopic (exact) mass is 352 g/mol. The van der Waals surface area contributed by atoms with Crippen molar-refractivity contribution in [1.29, 1.82) is 0 Å². The first kappa shape index (κ1) is 14.9. The van der Waals surface area contributed by atoms with Gasteiger partial charge in [0.1, 0.15) is 0 Å². The van der Waals surface area contributed by atoms with Crippen molar-refractivity contribution < 1.29 is 13.2 Å². The van der Waals surface area contributed by atoms with E-state index in [1.807, 2.05) is 24.3 Å². The molecule has 0 fully saturated rings. The average molecular weight is 353 g/mol. The van der Waals surface area contributed by atoms with Gasteiger partial charge in [-0.25, -0.2) is 8.42 Å². The van der Waals surface area contributed by atoms with Crippen LogP contribution in [0.15, 0.2) is 57.9 Å². The second kappa shape index (κ2) is 5.89. The molecule has 20 heavy (non-hydrogen) atoms. The molecule has 0 saturated carbocycles. The summed E-state index contributed by atoms with van der Waals surface area (Å²) in [4.78, 5) is 12.3. The smallest absolute Gasteiger partial charge is 0.175 e. The minimum absolute atomic E-state index is 0.0348. The van der Waals surface area contributed by atoms with Crippen LogP contribution in [0.25, 0.3) is 0 Å². The number of carbonyl (C=O) groups excluding carboxylic acids is 1. The Balaban J connectivity index is 2.15. The van der Waals surface area contributed by atoms with Gasteiger partial charge >= 0.3 is 0 Å². The standard InChI is InChI=1S/C15H13BrO3S/c1-20(18,19)14-8-4-12(5-9-14)15(17)10-11-2-6-13(16)7-3-11/h2-9H,10H2,1H3. The van der Waals surface area contributed by atoms with Gasteiger partial charge in [0.15, 0.2) is 15.6 Å². The van der Waals surface area contributed by atoms with Gasteiger partial charge in [-0.2, -0.15) is 0 Å². The Bertz CT molecular complexity index is 717. The lowest BCUT2D eigenvalue weighted by Crippen LogP contribution is -2.04. The minimum Gasteiger partial charge on any atom is -0.294 e. The van der Waals surface area contributed by atoms with Crippen LogP contribution >= 0.6 is 15.9 Å². The number of benzene rings is 2. The van der Waals surface area contributed by atoms with Crippen molar-refractivity contribution >= 4 is 31.6 Å². The lowest BCUT2D eigenvalue weighted by molar-refractivity contribution is 0.0993. The van der Waals surface area contributed by atoms with E-state index >= 15 is 0 Å². The summed E-state index contributed by atoms with van der Waals surface area (Å²) in [5, 5.41) is 0. The summed E-state index contributed by atoms with van der Waals surface area (Å²) in [5.74, 6) is -0.0348. The van der Waals surface area contributed by atoms with E-state index in [1.165, 1.54) is 12.1 Å². The molecule has 0 spiro atoms. The predicted octanol–water partition coefficient (Wildman–Crippen LogP) is 3.28. The highest BCUT2D eigenvalue weighted by Gasteiger charge is 2.10. The largest absolute Gasteiger partial charge is 0.294 e. The number of hydrogen-bond donors (Lipinski definition) is 0. The van der Waals surface area contributed by atoms with Crippen LogP contribution in [0.2, 0.25) is 0 Å². The van der Waals surface area contributed by atoms with E-state index in [2.05, 4.69) is 15.9 Å². The molecule has 5 heteroatoms. The van der Waals surface area contributed by atoms with E-state index in [1.54, 1.807) is 12.1 Å². The van der Waals surface area contributed by atoms with Crippen LogP contribution < -0.4 is 0 Å². The van der Waals surface area contributed by atoms with Crippen LogP contribution in [-0.4, -0.2) is 20.5 Å². The Morgan fingerprint density at radius 3 is 2.05 bits per heavy atom. The third-order valence-corrected chi connectivity index (χ3v) is 4.54. The van der Waals surface area contributed by atoms with Crippen molar-refractivity contribution in [3.8, 4) is 0 Å². The molecule has 0 aliphatic rings. The average Bonchev–Trinajstić information content (AvgIpc) is 2.40. The first-order valence-corrected chi connectivity index (χ1v) is 8.62. The minimum atomic E-state index is -3.23. The van der Waals surface area contributed by atoms with Crippen molar-refractivity contribution in [2.75, 3.05) is 6.26 Å². The molecule has 2 rings (SSSR count). The molecule has 0 unspecified atom stereocenters. The SMILES string of the molecule is CS(=O)(=O)c1ccc(C(=O)Cc2ccc(Br)cc2)cc1. The number of ketones is 1. The van der Waals surface area contributed by atoms with Crippen LogP contribution in [0.5, 0.6) is 0 Å². The van der Waals surface area contributed by atoms with Crippen LogP contribution in [0.1, 0.15) is 15.9 Å². The fourth-order valence-electron chi connectivity index (χ4n) is 1.78. The van der Waals surface area contributed by atoms with Crippen LogP contribution in [0.4, 0.5) is 0 Å². The Morgan fingerprint density at radius 2 is 1.55 bits per heavy atom. The maximum absolute atomic E-state index is 12.1. The quantitative estimate of drug-likeness (QED) is 0.793.